The lowest BCUT2D eigenvalue weighted by Crippen LogP contribution is -2.27. The molecule has 0 aliphatic heterocycles. The smallest absolute Gasteiger partial charge is 0.343 e. The Labute approximate surface area is 338 Å². The maximum atomic E-state index is 12.8. The molecule has 56 heavy (non-hydrogen) atoms. The molecule has 3 rings (SSSR count). The molecule has 0 heterocycles. The fraction of sp³-hybridized carbons (Fsp3) is 0.571. The highest BCUT2D eigenvalue weighted by Crippen LogP contribution is 2.25. The lowest BCUT2D eigenvalue weighted by atomic mass is 9.90. The Morgan fingerprint density at radius 1 is 0.607 bits per heavy atom. The van der Waals surface area contributed by atoms with Gasteiger partial charge in [-0.05, 0) is 91.8 Å². The lowest BCUT2D eigenvalue weighted by Gasteiger charge is -2.24. The summed E-state index contributed by atoms with van der Waals surface area (Å²) in [6, 6.07) is 23.6. The molecule has 0 aromatic heterocycles. The zero-order valence-electron chi connectivity index (χ0n) is 34.9. The molecular formula is C49H69NO6. The second kappa shape index (κ2) is 28.3. The van der Waals surface area contributed by atoms with Crippen molar-refractivity contribution in [1.82, 2.24) is 0 Å². The van der Waals surface area contributed by atoms with Crippen molar-refractivity contribution in [2.45, 2.75) is 149 Å². The van der Waals surface area contributed by atoms with Crippen molar-refractivity contribution < 1.29 is 28.5 Å². The molecule has 0 bridgehead atoms. The molecule has 0 spiro atoms. The summed E-state index contributed by atoms with van der Waals surface area (Å²) in [5, 5.41) is 9.00. The first-order chi connectivity index (χ1) is 27.3. The van der Waals surface area contributed by atoms with E-state index >= 15 is 0 Å². The van der Waals surface area contributed by atoms with Gasteiger partial charge in [0.1, 0.15) is 18.1 Å². The quantitative estimate of drug-likeness (QED) is 0.0378. The molecule has 7 heteroatoms. The van der Waals surface area contributed by atoms with E-state index in [-0.39, 0.29) is 23.9 Å². The Balaban J connectivity index is 1.21. The molecular weight excluding hydrogens is 699 g/mol. The van der Waals surface area contributed by atoms with Crippen LogP contribution >= 0.6 is 0 Å². The fourth-order valence-corrected chi connectivity index (χ4v) is 6.87. The molecule has 0 fully saturated rings. The first-order valence-corrected chi connectivity index (χ1v) is 21.7. The topological polar surface area (TPSA) is 94.8 Å². The third kappa shape index (κ3) is 18.7. The minimum Gasteiger partial charge on any atom is -0.491 e. The largest absolute Gasteiger partial charge is 0.491 e. The summed E-state index contributed by atoms with van der Waals surface area (Å²) in [6.45, 7) is 9.79. The molecule has 306 valence electrons. The van der Waals surface area contributed by atoms with Gasteiger partial charge in [-0.3, -0.25) is 4.79 Å². The number of rotatable bonds is 30. The van der Waals surface area contributed by atoms with E-state index in [2.05, 4.69) is 26.8 Å². The Morgan fingerprint density at radius 3 is 1.62 bits per heavy atom. The Hall–Kier alpha value is -4.15. The summed E-state index contributed by atoms with van der Waals surface area (Å²) in [4.78, 5) is 25.5. The Bertz CT molecular complexity index is 1530. The van der Waals surface area contributed by atoms with E-state index < -0.39 is 5.97 Å². The second-order valence-electron chi connectivity index (χ2n) is 15.3. The third-order valence-electron chi connectivity index (χ3n) is 10.8. The van der Waals surface area contributed by atoms with E-state index in [0.717, 1.165) is 36.8 Å². The van der Waals surface area contributed by atoms with Crippen molar-refractivity contribution in [1.29, 1.82) is 5.26 Å². The average molecular weight is 768 g/mol. The van der Waals surface area contributed by atoms with E-state index in [0.29, 0.717) is 42.4 Å². The van der Waals surface area contributed by atoms with Crippen LogP contribution in [-0.4, -0.2) is 37.9 Å². The average Bonchev–Trinajstić information content (AvgIpc) is 3.22. The van der Waals surface area contributed by atoms with Crippen LogP contribution in [0.5, 0.6) is 11.5 Å². The zero-order chi connectivity index (χ0) is 40.2. The lowest BCUT2D eigenvalue weighted by molar-refractivity contribution is -0.149. The predicted molar refractivity (Wildman–Crippen MR) is 227 cm³/mol. The number of ether oxygens (including phenoxy) is 4. The van der Waals surface area contributed by atoms with Crippen molar-refractivity contribution in [2.75, 3.05) is 19.8 Å². The van der Waals surface area contributed by atoms with Crippen LogP contribution in [0.2, 0.25) is 0 Å². The monoisotopic (exact) mass is 768 g/mol. The molecule has 7 nitrogen and oxygen atoms in total. The van der Waals surface area contributed by atoms with Crippen molar-refractivity contribution in [2.24, 2.45) is 11.8 Å². The molecule has 0 aliphatic rings. The van der Waals surface area contributed by atoms with Crippen LogP contribution < -0.4 is 9.47 Å². The summed E-state index contributed by atoms with van der Waals surface area (Å²) in [7, 11) is 0. The molecule has 0 N–H and O–H groups in total. The van der Waals surface area contributed by atoms with Gasteiger partial charge in [0.2, 0.25) is 0 Å². The van der Waals surface area contributed by atoms with Gasteiger partial charge in [0.05, 0.1) is 42.4 Å². The Morgan fingerprint density at radius 2 is 1.11 bits per heavy atom. The summed E-state index contributed by atoms with van der Waals surface area (Å²) in [5.41, 5.74) is 2.96. The third-order valence-corrected chi connectivity index (χ3v) is 10.8. The minimum atomic E-state index is -0.455. The molecule has 3 unspecified atom stereocenters. The molecule has 0 saturated heterocycles. The van der Waals surface area contributed by atoms with Gasteiger partial charge in [-0.2, -0.15) is 5.26 Å². The van der Waals surface area contributed by atoms with Gasteiger partial charge in [0, 0.05) is 0 Å². The molecule has 0 amide bonds. The first-order valence-electron chi connectivity index (χ1n) is 21.7. The summed E-state index contributed by atoms with van der Waals surface area (Å²) >= 11 is 0. The summed E-state index contributed by atoms with van der Waals surface area (Å²) in [5.74, 6) is 0.619. The van der Waals surface area contributed by atoms with E-state index in [1.54, 1.807) is 48.5 Å². The maximum absolute atomic E-state index is 12.8. The highest BCUT2D eigenvalue weighted by Gasteiger charge is 2.24. The second-order valence-corrected chi connectivity index (χ2v) is 15.3. The van der Waals surface area contributed by atoms with Gasteiger partial charge in [0.25, 0.3) is 0 Å². The molecule has 3 aromatic carbocycles. The van der Waals surface area contributed by atoms with Crippen LogP contribution in [0.4, 0.5) is 0 Å². The van der Waals surface area contributed by atoms with Gasteiger partial charge < -0.3 is 18.9 Å². The van der Waals surface area contributed by atoms with Crippen LogP contribution in [0.25, 0.3) is 11.1 Å². The number of carbonyl (C=O) groups is 2. The van der Waals surface area contributed by atoms with Crippen LogP contribution in [0.15, 0.2) is 72.8 Å². The van der Waals surface area contributed by atoms with Crippen LogP contribution in [0, 0.1) is 23.2 Å². The Kier molecular flexibility index (Phi) is 23.3. The number of nitriles is 1. The molecule has 3 aromatic rings. The number of esters is 2. The number of hydrogen-bond donors (Lipinski definition) is 0. The van der Waals surface area contributed by atoms with Gasteiger partial charge in [0.15, 0.2) is 0 Å². The number of nitrogens with zero attached hydrogens (tertiary/aromatic N) is 1. The van der Waals surface area contributed by atoms with E-state index in [1.165, 1.54) is 89.9 Å². The fourth-order valence-electron chi connectivity index (χ4n) is 6.87. The molecule has 0 aliphatic carbocycles. The molecule has 0 radical (unpaired) electrons. The zero-order valence-corrected chi connectivity index (χ0v) is 34.9. The van der Waals surface area contributed by atoms with Crippen LogP contribution in [0.3, 0.4) is 0 Å². The van der Waals surface area contributed by atoms with Crippen molar-refractivity contribution in [3.05, 3.63) is 83.9 Å². The van der Waals surface area contributed by atoms with Gasteiger partial charge >= 0.3 is 11.9 Å². The van der Waals surface area contributed by atoms with Gasteiger partial charge in [-0.1, -0.05) is 141 Å². The van der Waals surface area contributed by atoms with Crippen LogP contribution in [-0.2, 0) is 14.3 Å². The van der Waals surface area contributed by atoms with E-state index in [4.69, 9.17) is 24.2 Å². The highest BCUT2D eigenvalue weighted by atomic mass is 16.5. The van der Waals surface area contributed by atoms with E-state index in [1.807, 2.05) is 31.2 Å². The molecule has 3 atom stereocenters. The van der Waals surface area contributed by atoms with Crippen molar-refractivity contribution in [3.63, 3.8) is 0 Å². The number of carbonyl (C=O) groups excluding carboxylic acids is 2. The SMILES string of the molecule is CCCCCCCCCCCCCCCCCCOC(=O)C(CC)CC(C)C(C)OCCOc1ccc(C(=O)Oc2ccc(-c3ccc(C#N)cc3)cc2)cc1. The van der Waals surface area contributed by atoms with Crippen LogP contribution in [0.1, 0.15) is 159 Å². The number of unbranched alkanes of at least 4 members (excludes halogenated alkanes) is 15. The molecule has 0 saturated carbocycles. The highest BCUT2D eigenvalue weighted by molar-refractivity contribution is 5.91. The van der Waals surface area contributed by atoms with Crippen molar-refractivity contribution >= 4 is 11.9 Å². The van der Waals surface area contributed by atoms with Crippen molar-refractivity contribution in [3.8, 4) is 28.7 Å². The predicted octanol–water partition coefficient (Wildman–Crippen LogP) is 13.1. The maximum Gasteiger partial charge on any atom is 0.343 e. The summed E-state index contributed by atoms with van der Waals surface area (Å²) in [6.07, 6.45) is 22.7. The minimum absolute atomic E-state index is 0.0314. The number of benzene rings is 3. The number of hydrogen-bond acceptors (Lipinski definition) is 7. The van der Waals surface area contributed by atoms with E-state index in [9.17, 15) is 9.59 Å². The van der Waals surface area contributed by atoms with Gasteiger partial charge in [-0.15, -0.1) is 0 Å². The normalized spacial score (nSPS) is 12.7. The first kappa shape index (κ1) is 46.2. The standard InChI is InChI=1S/C49H69NO6/c1-5-7-8-9-10-11-12-13-14-15-16-17-18-19-20-21-34-55-48(51)42(6-2)37-39(3)40(4)53-35-36-54-46-30-28-45(29-31-46)49(52)56-47-32-26-44(27-33-47)43-24-22-41(38-50)23-25-43/h22-33,39-40,42H,5-21,34-37H2,1-4H3. The summed E-state index contributed by atoms with van der Waals surface area (Å²) < 4.78 is 23.2. The van der Waals surface area contributed by atoms with Gasteiger partial charge in [-0.25, -0.2) is 4.79 Å².